The van der Waals surface area contributed by atoms with Gasteiger partial charge in [0.25, 0.3) is 0 Å². The zero-order chi connectivity index (χ0) is 15.7. The molecule has 0 atom stereocenters. The fraction of sp³-hybridized carbons (Fsp3) is 0.125. The van der Waals surface area contributed by atoms with Crippen LogP contribution in [0.15, 0.2) is 52.3 Å². The summed E-state index contributed by atoms with van der Waals surface area (Å²) in [5.74, 6) is -0.152. The van der Waals surface area contributed by atoms with Crippen LogP contribution in [0.4, 0.5) is 4.39 Å². The van der Waals surface area contributed by atoms with Crippen LogP contribution in [0.25, 0.3) is 6.08 Å². The van der Waals surface area contributed by atoms with E-state index in [1.54, 1.807) is 30.3 Å². The predicted molar refractivity (Wildman–Crippen MR) is 81.4 cm³/mol. The molecule has 0 amide bonds. The Morgan fingerprint density at radius 1 is 1.14 bits per heavy atom. The van der Waals surface area contributed by atoms with Gasteiger partial charge in [-0.2, -0.15) is 0 Å². The van der Waals surface area contributed by atoms with Crippen molar-refractivity contribution in [2.24, 2.45) is 5.73 Å². The average molecular weight is 319 g/mol. The number of benzene rings is 2. The van der Waals surface area contributed by atoms with E-state index < -0.39 is 15.7 Å². The molecule has 2 aromatic rings. The Hall–Kier alpha value is -2.18. The summed E-state index contributed by atoms with van der Waals surface area (Å²) in [6.45, 7) is 0.109. The molecule has 1 heterocycles. The van der Waals surface area contributed by atoms with Crippen molar-refractivity contribution in [3.63, 3.8) is 0 Å². The van der Waals surface area contributed by atoms with Crippen molar-refractivity contribution < 1.29 is 17.5 Å². The quantitative estimate of drug-likeness (QED) is 0.940. The number of ether oxygens (including phenoxy) is 1. The van der Waals surface area contributed by atoms with E-state index in [-0.39, 0.29) is 28.7 Å². The Morgan fingerprint density at radius 3 is 2.64 bits per heavy atom. The highest BCUT2D eigenvalue weighted by Gasteiger charge is 2.31. The molecule has 0 unspecified atom stereocenters. The lowest BCUT2D eigenvalue weighted by Gasteiger charge is -2.07. The molecule has 22 heavy (non-hydrogen) atoms. The number of fused-ring (bicyclic) bond motifs is 1. The van der Waals surface area contributed by atoms with Gasteiger partial charge in [0.15, 0.2) is 0 Å². The summed E-state index contributed by atoms with van der Waals surface area (Å²) in [6.07, 6.45) is 1.58. The molecule has 0 saturated carbocycles. The minimum absolute atomic E-state index is 0.146. The number of rotatable bonds is 4. The lowest BCUT2D eigenvalue weighted by Crippen LogP contribution is -2.09. The van der Waals surface area contributed by atoms with Gasteiger partial charge in [0, 0.05) is 12.6 Å². The van der Waals surface area contributed by atoms with Crippen molar-refractivity contribution in [1.29, 1.82) is 0 Å². The summed E-state index contributed by atoms with van der Waals surface area (Å²) in [6, 6.07) is 10.6. The van der Waals surface area contributed by atoms with Crippen LogP contribution >= 0.6 is 0 Å². The smallest absolute Gasteiger partial charge is 0.206 e. The van der Waals surface area contributed by atoms with Crippen LogP contribution in [0.5, 0.6) is 5.75 Å². The van der Waals surface area contributed by atoms with Crippen LogP contribution in [0.3, 0.4) is 0 Å². The number of hydrogen-bond donors (Lipinski definition) is 1. The van der Waals surface area contributed by atoms with Crippen LogP contribution in [-0.2, 0) is 16.4 Å². The van der Waals surface area contributed by atoms with Gasteiger partial charge < -0.3 is 10.5 Å². The Bertz CT molecular complexity index is 859. The molecule has 2 aromatic carbocycles. The Kier molecular flexibility index (Phi) is 3.72. The van der Waals surface area contributed by atoms with E-state index in [0.717, 1.165) is 5.56 Å². The molecular weight excluding hydrogens is 305 g/mol. The fourth-order valence-electron chi connectivity index (χ4n) is 2.38. The summed E-state index contributed by atoms with van der Waals surface area (Å²) < 4.78 is 43.5. The molecule has 0 radical (unpaired) electrons. The minimum Gasteiger partial charge on any atom is -0.488 e. The van der Waals surface area contributed by atoms with Crippen molar-refractivity contribution in [1.82, 2.24) is 0 Å². The number of hydrogen-bond acceptors (Lipinski definition) is 4. The lowest BCUT2D eigenvalue weighted by atomic mass is 10.1. The maximum absolute atomic E-state index is 13.1. The minimum atomic E-state index is -3.57. The van der Waals surface area contributed by atoms with E-state index in [9.17, 15) is 12.8 Å². The highest BCUT2D eigenvalue weighted by molar-refractivity contribution is 7.95. The molecule has 0 saturated heterocycles. The topological polar surface area (TPSA) is 69.4 Å². The summed E-state index contributed by atoms with van der Waals surface area (Å²) >= 11 is 0. The second-order valence-electron chi connectivity index (χ2n) is 4.89. The molecule has 114 valence electrons. The average Bonchev–Trinajstić information content (AvgIpc) is 2.76. The third kappa shape index (κ3) is 2.51. The first-order chi connectivity index (χ1) is 10.5. The summed E-state index contributed by atoms with van der Waals surface area (Å²) in [7, 11) is -3.57. The van der Waals surface area contributed by atoms with E-state index in [1.807, 2.05) is 0 Å². The normalized spacial score (nSPS) is 15.3. The molecule has 1 aliphatic heterocycles. The Labute approximate surface area is 127 Å². The zero-order valence-electron chi connectivity index (χ0n) is 11.6. The van der Waals surface area contributed by atoms with E-state index >= 15 is 0 Å². The molecule has 0 bridgehead atoms. The fourth-order valence-corrected chi connectivity index (χ4v) is 3.88. The van der Waals surface area contributed by atoms with Crippen molar-refractivity contribution in [3.8, 4) is 5.75 Å². The first kappa shape index (κ1) is 14.7. The Morgan fingerprint density at radius 2 is 1.91 bits per heavy atom. The number of sulfone groups is 1. The molecule has 3 rings (SSSR count). The van der Waals surface area contributed by atoms with E-state index in [4.69, 9.17) is 10.5 Å². The van der Waals surface area contributed by atoms with Crippen LogP contribution in [0.1, 0.15) is 11.1 Å². The van der Waals surface area contributed by atoms with E-state index in [0.29, 0.717) is 5.56 Å². The third-order valence-electron chi connectivity index (χ3n) is 3.49. The number of nitrogens with two attached hydrogens (primary N) is 1. The molecule has 0 aromatic heterocycles. The van der Waals surface area contributed by atoms with Gasteiger partial charge in [-0.25, -0.2) is 12.8 Å². The molecular formula is C16H14FNO3S. The molecule has 0 spiro atoms. The van der Waals surface area contributed by atoms with Crippen molar-refractivity contribution >= 4 is 15.9 Å². The van der Waals surface area contributed by atoms with Crippen molar-refractivity contribution in [2.75, 3.05) is 6.61 Å². The summed E-state index contributed by atoms with van der Waals surface area (Å²) in [5.41, 5.74) is 7.02. The van der Waals surface area contributed by atoms with E-state index in [2.05, 4.69) is 0 Å². The highest BCUT2D eigenvalue weighted by Crippen LogP contribution is 2.35. The molecule has 4 nitrogen and oxygen atoms in total. The van der Waals surface area contributed by atoms with Crippen LogP contribution in [0, 0.1) is 5.82 Å². The standard InChI is InChI=1S/C16H14FNO3S/c17-12-4-2-5-13(7-12)21-10-14-8-15-11(9-18)3-1-6-16(15)22(14,19)20/h1-8H,9-10,18H2. The van der Waals surface area contributed by atoms with Gasteiger partial charge >= 0.3 is 0 Å². The molecule has 0 aliphatic carbocycles. The third-order valence-corrected chi connectivity index (χ3v) is 5.35. The monoisotopic (exact) mass is 319 g/mol. The van der Waals surface area contributed by atoms with E-state index in [1.165, 1.54) is 18.2 Å². The van der Waals surface area contributed by atoms with Crippen LogP contribution in [0.2, 0.25) is 0 Å². The van der Waals surface area contributed by atoms with Crippen molar-refractivity contribution in [2.45, 2.75) is 11.4 Å². The SMILES string of the molecule is NCc1cccc2c1C=C(COc1cccc(F)c1)S2(=O)=O. The van der Waals surface area contributed by atoms with Gasteiger partial charge in [-0.1, -0.05) is 18.2 Å². The highest BCUT2D eigenvalue weighted by atomic mass is 32.2. The van der Waals surface area contributed by atoms with Gasteiger partial charge in [0.05, 0.1) is 9.80 Å². The number of halogens is 1. The second-order valence-corrected chi connectivity index (χ2v) is 6.86. The summed E-state index contributed by atoms with van der Waals surface area (Å²) in [4.78, 5) is 0.390. The van der Waals surface area contributed by atoms with Gasteiger partial charge in [0.2, 0.25) is 9.84 Å². The maximum Gasteiger partial charge on any atom is 0.206 e. The van der Waals surface area contributed by atoms with Crippen LogP contribution in [-0.4, -0.2) is 15.0 Å². The Balaban J connectivity index is 1.89. The first-order valence-electron chi connectivity index (χ1n) is 6.68. The van der Waals surface area contributed by atoms with Gasteiger partial charge in [-0.3, -0.25) is 0 Å². The van der Waals surface area contributed by atoms with Crippen LogP contribution < -0.4 is 10.5 Å². The molecule has 1 aliphatic rings. The van der Waals surface area contributed by atoms with Crippen molar-refractivity contribution in [3.05, 3.63) is 64.3 Å². The molecule has 2 N–H and O–H groups in total. The largest absolute Gasteiger partial charge is 0.488 e. The maximum atomic E-state index is 13.1. The predicted octanol–water partition coefficient (Wildman–Crippen LogP) is 2.49. The molecule has 0 fully saturated rings. The second kappa shape index (κ2) is 5.55. The lowest BCUT2D eigenvalue weighted by molar-refractivity contribution is 0.357. The first-order valence-corrected chi connectivity index (χ1v) is 8.16. The van der Waals surface area contributed by atoms with Gasteiger partial charge in [-0.05, 0) is 35.4 Å². The van der Waals surface area contributed by atoms with Gasteiger partial charge in [0.1, 0.15) is 18.2 Å². The summed E-state index contributed by atoms with van der Waals surface area (Å²) in [5, 5.41) is 0. The van der Waals surface area contributed by atoms with Gasteiger partial charge in [-0.15, -0.1) is 0 Å². The molecule has 6 heteroatoms. The zero-order valence-corrected chi connectivity index (χ0v) is 12.4.